The molecule has 3 N–H and O–H groups in total. The average Bonchev–Trinajstić information content (AvgIpc) is 2.41. The van der Waals surface area contributed by atoms with Crippen molar-refractivity contribution in [3.05, 3.63) is 35.9 Å². The van der Waals surface area contributed by atoms with E-state index in [1.165, 1.54) is 5.56 Å². The van der Waals surface area contributed by atoms with Crippen LogP contribution in [0.15, 0.2) is 30.3 Å². The van der Waals surface area contributed by atoms with E-state index in [-0.39, 0.29) is 6.04 Å². The Balaban J connectivity index is 2.01. The van der Waals surface area contributed by atoms with Gasteiger partial charge in [-0.3, -0.25) is 11.3 Å². The predicted molar refractivity (Wildman–Crippen MR) is 75.0 cm³/mol. The van der Waals surface area contributed by atoms with Gasteiger partial charge in [0.2, 0.25) is 0 Å². The largest absolute Gasteiger partial charge is 0.304 e. The van der Waals surface area contributed by atoms with Crippen LogP contribution in [0.1, 0.15) is 18.0 Å². The molecule has 1 heterocycles. The van der Waals surface area contributed by atoms with E-state index in [0.29, 0.717) is 6.04 Å². The number of likely N-dealkylation sites (N-methyl/N-ethyl adjacent to an activating group) is 2. The Labute approximate surface area is 110 Å². The highest BCUT2D eigenvalue weighted by Gasteiger charge is 2.25. The Bertz CT molecular complexity index is 354. The highest BCUT2D eigenvalue weighted by molar-refractivity contribution is 5.19. The van der Waals surface area contributed by atoms with Crippen LogP contribution in [0, 0.1) is 0 Å². The molecule has 0 radical (unpaired) electrons. The lowest BCUT2D eigenvalue weighted by atomic mass is 9.98. The van der Waals surface area contributed by atoms with Crippen molar-refractivity contribution in [3.63, 3.8) is 0 Å². The summed E-state index contributed by atoms with van der Waals surface area (Å²) in [6.45, 7) is 3.40. The number of rotatable bonds is 4. The minimum atomic E-state index is 0.227. The second-order valence-corrected chi connectivity index (χ2v) is 5.26. The Morgan fingerprint density at radius 2 is 2.00 bits per heavy atom. The molecule has 4 heteroatoms. The molecule has 0 spiro atoms. The van der Waals surface area contributed by atoms with E-state index in [4.69, 9.17) is 5.84 Å². The number of nitrogens with two attached hydrogens (primary N) is 1. The van der Waals surface area contributed by atoms with Crippen molar-refractivity contribution in [3.8, 4) is 0 Å². The summed E-state index contributed by atoms with van der Waals surface area (Å²) in [5.74, 6) is 5.72. The summed E-state index contributed by atoms with van der Waals surface area (Å²) >= 11 is 0. The minimum absolute atomic E-state index is 0.227. The first-order valence-electron chi connectivity index (χ1n) is 6.60. The SMILES string of the molecule is CN1CCN(C)C(CC(NN)c2ccccc2)C1. The Kier molecular flexibility index (Phi) is 4.72. The minimum Gasteiger partial charge on any atom is -0.304 e. The number of nitrogens with zero attached hydrogens (tertiary/aromatic N) is 2. The van der Waals surface area contributed by atoms with Crippen molar-refractivity contribution in [1.82, 2.24) is 15.2 Å². The van der Waals surface area contributed by atoms with Gasteiger partial charge in [0.25, 0.3) is 0 Å². The van der Waals surface area contributed by atoms with Crippen molar-refractivity contribution in [2.45, 2.75) is 18.5 Å². The van der Waals surface area contributed by atoms with Gasteiger partial charge < -0.3 is 9.80 Å². The maximum Gasteiger partial charge on any atom is 0.0475 e. The van der Waals surface area contributed by atoms with Crippen LogP contribution in [0.2, 0.25) is 0 Å². The number of hydrazine groups is 1. The third-order valence-corrected chi connectivity index (χ3v) is 3.89. The molecule has 1 fully saturated rings. The third-order valence-electron chi connectivity index (χ3n) is 3.89. The molecule has 1 aromatic carbocycles. The van der Waals surface area contributed by atoms with Crippen LogP contribution in [0.25, 0.3) is 0 Å². The van der Waals surface area contributed by atoms with Crippen molar-refractivity contribution in [2.75, 3.05) is 33.7 Å². The number of hydrogen-bond donors (Lipinski definition) is 2. The van der Waals surface area contributed by atoms with Gasteiger partial charge in [0.1, 0.15) is 0 Å². The zero-order valence-electron chi connectivity index (χ0n) is 11.3. The summed E-state index contributed by atoms with van der Waals surface area (Å²) in [4.78, 5) is 4.83. The van der Waals surface area contributed by atoms with Gasteiger partial charge in [-0.1, -0.05) is 30.3 Å². The summed E-state index contributed by atoms with van der Waals surface area (Å²) < 4.78 is 0. The molecule has 0 amide bonds. The Morgan fingerprint density at radius 3 is 2.67 bits per heavy atom. The number of nitrogens with one attached hydrogen (secondary N) is 1. The summed E-state index contributed by atoms with van der Waals surface area (Å²) in [5, 5.41) is 0. The molecule has 2 atom stereocenters. The van der Waals surface area contributed by atoms with Crippen LogP contribution in [0.5, 0.6) is 0 Å². The molecular formula is C14H24N4. The average molecular weight is 248 g/mol. The van der Waals surface area contributed by atoms with E-state index in [0.717, 1.165) is 26.1 Å². The smallest absolute Gasteiger partial charge is 0.0475 e. The molecule has 2 rings (SSSR count). The van der Waals surface area contributed by atoms with Crippen LogP contribution >= 0.6 is 0 Å². The van der Waals surface area contributed by atoms with Crippen LogP contribution in [0.4, 0.5) is 0 Å². The van der Waals surface area contributed by atoms with Crippen LogP contribution in [-0.4, -0.2) is 49.6 Å². The molecule has 0 bridgehead atoms. The van der Waals surface area contributed by atoms with Crippen molar-refractivity contribution in [2.24, 2.45) is 5.84 Å². The van der Waals surface area contributed by atoms with E-state index in [2.05, 4.69) is 53.6 Å². The fourth-order valence-electron chi connectivity index (χ4n) is 2.61. The van der Waals surface area contributed by atoms with Crippen LogP contribution in [-0.2, 0) is 0 Å². The van der Waals surface area contributed by atoms with Crippen LogP contribution in [0.3, 0.4) is 0 Å². The number of piperazine rings is 1. The molecule has 1 aliphatic rings. The highest BCUT2D eigenvalue weighted by Crippen LogP contribution is 2.21. The lowest BCUT2D eigenvalue weighted by Gasteiger charge is -2.39. The van der Waals surface area contributed by atoms with Crippen molar-refractivity contribution in [1.29, 1.82) is 0 Å². The zero-order chi connectivity index (χ0) is 13.0. The van der Waals surface area contributed by atoms with Gasteiger partial charge in [0.05, 0.1) is 0 Å². The first kappa shape index (κ1) is 13.5. The summed E-state index contributed by atoms with van der Waals surface area (Å²) in [7, 11) is 4.39. The lowest BCUT2D eigenvalue weighted by Crippen LogP contribution is -2.51. The molecular weight excluding hydrogens is 224 g/mol. The third kappa shape index (κ3) is 3.29. The van der Waals surface area contributed by atoms with Gasteiger partial charge in [0.15, 0.2) is 0 Å². The number of hydrogen-bond acceptors (Lipinski definition) is 4. The van der Waals surface area contributed by atoms with Gasteiger partial charge in [-0.25, -0.2) is 0 Å². The first-order valence-corrected chi connectivity index (χ1v) is 6.60. The molecule has 4 nitrogen and oxygen atoms in total. The second-order valence-electron chi connectivity index (χ2n) is 5.26. The fourth-order valence-corrected chi connectivity index (χ4v) is 2.61. The van der Waals surface area contributed by atoms with Gasteiger partial charge in [0, 0.05) is 31.7 Å². The molecule has 1 aromatic rings. The van der Waals surface area contributed by atoms with Gasteiger partial charge in [-0.2, -0.15) is 0 Å². The molecule has 0 aliphatic carbocycles. The fraction of sp³-hybridized carbons (Fsp3) is 0.571. The van der Waals surface area contributed by atoms with Crippen molar-refractivity contribution < 1.29 is 0 Å². The number of benzene rings is 1. The second kappa shape index (κ2) is 6.29. The highest BCUT2D eigenvalue weighted by atomic mass is 15.3. The normalized spacial score (nSPS) is 24.1. The van der Waals surface area contributed by atoms with E-state index >= 15 is 0 Å². The molecule has 1 aliphatic heterocycles. The van der Waals surface area contributed by atoms with Gasteiger partial charge >= 0.3 is 0 Å². The predicted octanol–water partition coefficient (Wildman–Crippen LogP) is 0.827. The standard InChI is InChI=1S/C14H24N4/c1-17-8-9-18(2)13(11-17)10-14(16-15)12-6-4-3-5-7-12/h3-7,13-14,16H,8-11,15H2,1-2H3. The maximum atomic E-state index is 5.72. The van der Waals surface area contributed by atoms with Crippen LogP contribution < -0.4 is 11.3 Å². The molecule has 1 saturated heterocycles. The maximum absolute atomic E-state index is 5.72. The topological polar surface area (TPSA) is 44.5 Å². The monoisotopic (exact) mass is 248 g/mol. The van der Waals surface area contributed by atoms with E-state index in [1.807, 2.05) is 6.07 Å². The van der Waals surface area contributed by atoms with E-state index in [1.54, 1.807) is 0 Å². The van der Waals surface area contributed by atoms with E-state index < -0.39 is 0 Å². The van der Waals surface area contributed by atoms with Gasteiger partial charge in [-0.15, -0.1) is 0 Å². The summed E-state index contributed by atoms with van der Waals surface area (Å²) in [5.41, 5.74) is 4.22. The summed E-state index contributed by atoms with van der Waals surface area (Å²) in [6.07, 6.45) is 1.04. The Hall–Kier alpha value is -0.940. The quantitative estimate of drug-likeness (QED) is 0.612. The Morgan fingerprint density at radius 1 is 1.28 bits per heavy atom. The zero-order valence-corrected chi connectivity index (χ0v) is 11.3. The molecule has 18 heavy (non-hydrogen) atoms. The lowest BCUT2D eigenvalue weighted by molar-refractivity contribution is 0.101. The molecule has 0 saturated carbocycles. The molecule has 100 valence electrons. The van der Waals surface area contributed by atoms with E-state index in [9.17, 15) is 0 Å². The first-order chi connectivity index (χ1) is 8.70. The van der Waals surface area contributed by atoms with Crippen molar-refractivity contribution >= 4 is 0 Å². The molecule has 0 aromatic heterocycles. The molecule has 2 unspecified atom stereocenters. The van der Waals surface area contributed by atoms with Gasteiger partial charge in [-0.05, 0) is 26.1 Å². The summed E-state index contributed by atoms with van der Waals surface area (Å²) in [6, 6.07) is 11.2.